The Kier molecular flexibility index (Phi) is 4.64. The first kappa shape index (κ1) is 17.6. The van der Waals surface area contributed by atoms with E-state index in [1.165, 1.54) is 19.1 Å². The van der Waals surface area contributed by atoms with E-state index in [0.717, 1.165) is 10.6 Å². The fourth-order valence-electron chi connectivity index (χ4n) is 2.88. The number of β-lactam (4-membered cyclic amide) rings is 1. The number of nitrogens with zero attached hydrogens (tertiary/aromatic N) is 1. The SMILES string of the molecule is Cc1ccc(S(=O)(=O)ON2C(=O)[C@H](C(C)O)[C@H]2c2ccccc2)cc1. The van der Waals surface area contributed by atoms with E-state index in [2.05, 4.69) is 0 Å². The summed E-state index contributed by atoms with van der Waals surface area (Å²) in [6, 6.07) is 14.4. The van der Waals surface area contributed by atoms with E-state index < -0.39 is 34.1 Å². The van der Waals surface area contributed by atoms with Crippen LogP contribution in [0.5, 0.6) is 0 Å². The topological polar surface area (TPSA) is 83.9 Å². The Balaban J connectivity index is 1.90. The van der Waals surface area contributed by atoms with Gasteiger partial charge in [-0.1, -0.05) is 48.0 Å². The van der Waals surface area contributed by atoms with Gasteiger partial charge in [0.25, 0.3) is 5.91 Å². The zero-order chi connectivity index (χ0) is 18.2. The van der Waals surface area contributed by atoms with Crippen molar-refractivity contribution in [2.45, 2.75) is 30.9 Å². The Bertz CT molecular complexity index is 862. The number of hydrogen-bond donors (Lipinski definition) is 1. The summed E-state index contributed by atoms with van der Waals surface area (Å²) in [5.41, 5.74) is 1.61. The molecule has 3 rings (SSSR count). The van der Waals surface area contributed by atoms with Gasteiger partial charge in [-0.2, -0.15) is 13.5 Å². The lowest BCUT2D eigenvalue weighted by atomic mass is 9.81. The summed E-state index contributed by atoms with van der Waals surface area (Å²) in [6.45, 7) is 3.35. The van der Waals surface area contributed by atoms with Gasteiger partial charge >= 0.3 is 10.1 Å². The lowest BCUT2D eigenvalue weighted by Gasteiger charge is -2.46. The zero-order valence-electron chi connectivity index (χ0n) is 13.9. The molecule has 0 radical (unpaired) electrons. The molecule has 0 bridgehead atoms. The van der Waals surface area contributed by atoms with Crippen molar-refractivity contribution in [3.05, 3.63) is 65.7 Å². The lowest BCUT2D eigenvalue weighted by Crippen LogP contribution is -2.58. The second kappa shape index (κ2) is 6.59. The fraction of sp³-hybridized carbons (Fsp3) is 0.278. The molecule has 3 atom stereocenters. The van der Waals surface area contributed by atoms with Crippen molar-refractivity contribution < 1.29 is 22.6 Å². The highest BCUT2D eigenvalue weighted by Gasteiger charge is 2.53. The standard InChI is InChI=1S/C18H19NO5S/c1-12-8-10-15(11-9-12)25(22,23)24-19-17(14-6-4-3-5-7-14)16(13(2)20)18(19)21/h3-11,13,16-17,20H,1-2H3/t13?,16-,17-/m1/s1. The Hall–Kier alpha value is -2.22. The summed E-state index contributed by atoms with van der Waals surface area (Å²) in [6.07, 6.45) is -0.917. The highest BCUT2D eigenvalue weighted by Crippen LogP contribution is 2.43. The molecule has 0 aliphatic carbocycles. The van der Waals surface area contributed by atoms with Crippen LogP contribution in [0, 0.1) is 12.8 Å². The molecule has 1 aliphatic rings. The maximum Gasteiger partial charge on any atom is 0.317 e. The number of aliphatic hydroxyl groups excluding tert-OH is 1. The van der Waals surface area contributed by atoms with E-state index in [1.807, 2.05) is 13.0 Å². The molecule has 2 aromatic rings. The molecular weight excluding hydrogens is 342 g/mol. The van der Waals surface area contributed by atoms with E-state index in [9.17, 15) is 18.3 Å². The first-order valence-corrected chi connectivity index (χ1v) is 9.29. The molecule has 25 heavy (non-hydrogen) atoms. The molecule has 1 amide bonds. The average molecular weight is 361 g/mol. The highest BCUT2D eigenvalue weighted by atomic mass is 32.2. The van der Waals surface area contributed by atoms with Crippen molar-refractivity contribution in [2.24, 2.45) is 5.92 Å². The van der Waals surface area contributed by atoms with Gasteiger partial charge in [0.2, 0.25) is 0 Å². The third-order valence-corrected chi connectivity index (χ3v) is 5.45. The van der Waals surface area contributed by atoms with Gasteiger partial charge in [-0.3, -0.25) is 4.79 Å². The Labute approximate surface area is 146 Å². The number of aryl methyl sites for hydroxylation is 1. The molecule has 6 nitrogen and oxygen atoms in total. The van der Waals surface area contributed by atoms with Crippen molar-refractivity contribution in [3.63, 3.8) is 0 Å². The van der Waals surface area contributed by atoms with Crippen LogP contribution in [0.4, 0.5) is 0 Å². The quantitative estimate of drug-likeness (QED) is 0.826. The fourth-order valence-corrected chi connectivity index (χ4v) is 3.82. The third kappa shape index (κ3) is 3.30. The average Bonchev–Trinajstić information content (AvgIpc) is 2.58. The molecular formula is C18H19NO5S. The van der Waals surface area contributed by atoms with Crippen LogP contribution in [-0.2, 0) is 19.2 Å². The van der Waals surface area contributed by atoms with Gasteiger partial charge in [0.1, 0.15) is 6.04 Å². The van der Waals surface area contributed by atoms with E-state index in [4.69, 9.17) is 4.28 Å². The van der Waals surface area contributed by atoms with E-state index in [1.54, 1.807) is 36.4 Å². The monoisotopic (exact) mass is 361 g/mol. The summed E-state index contributed by atoms with van der Waals surface area (Å²) in [4.78, 5) is 12.3. The largest absolute Gasteiger partial charge is 0.392 e. The number of aliphatic hydroxyl groups is 1. The third-order valence-electron chi connectivity index (χ3n) is 4.24. The number of hydroxylamine groups is 2. The van der Waals surface area contributed by atoms with Crippen LogP contribution < -0.4 is 0 Å². The molecule has 2 aromatic carbocycles. The number of benzene rings is 2. The Morgan fingerprint density at radius 3 is 2.24 bits per heavy atom. The molecule has 0 spiro atoms. The van der Waals surface area contributed by atoms with Gasteiger partial charge in [0, 0.05) is 0 Å². The van der Waals surface area contributed by atoms with E-state index >= 15 is 0 Å². The Morgan fingerprint density at radius 1 is 1.08 bits per heavy atom. The first-order valence-electron chi connectivity index (χ1n) is 7.88. The number of rotatable bonds is 5. The van der Waals surface area contributed by atoms with Crippen LogP contribution in [0.15, 0.2) is 59.5 Å². The molecule has 1 aliphatic heterocycles. The van der Waals surface area contributed by atoms with Gasteiger partial charge < -0.3 is 5.11 Å². The second-order valence-electron chi connectivity index (χ2n) is 6.13. The predicted octanol–water partition coefficient (Wildman–Crippen LogP) is 2.20. The number of carbonyl (C=O) groups is 1. The maximum absolute atomic E-state index is 12.5. The summed E-state index contributed by atoms with van der Waals surface area (Å²) in [5.74, 6) is -1.30. The predicted molar refractivity (Wildman–Crippen MR) is 90.6 cm³/mol. The molecule has 7 heteroatoms. The summed E-state index contributed by atoms with van der Waals surface area (Å²) in [5, 5.41) is 10.7. The highest BCUT2D eigenvalue weighted by molar-refractivity contribution is 7.86. The molecule has 1 fully saturated rings. The molecule has 1 heterocycles. The minimum absolute atomic E-state index is 0.0294. The van der Waals surface area contributed by atoms with Gasteiger partial charge in [0.05, 0.1) is 16.9 Å². The molecule has 0 aromatic heterocycles. The molecule has 1 saturated heterocycles. The van der Waals surface area contributed by atoms with E-state index in [-0.39, 0.29) is 4.90 Å². The normalized spacial score (nSPS) is 21.7. The minimum atomic E-state index is -4.14. The van der Waals surface area contributed by atoms with Crippen LogP contribution in [-0.4, -0.2) is 30.6 Å². The van der Waals surface area contributed by atoms with Crippen LogP contribution in [0.2, 0.25) is 0 Å². The summed E-state index contributed by atoms with van der Waals surface area (Å²) < 4.78 is 30.0. The summed E-state index contributed by atoms with van der Waals surface area (Å²) >= 11 is 0. The van der Waals surface area contributed by atoms with Crippen molar-refractivity contribution in [2.75, 3.05) is 0 Å². The van der Waals surface area contributed by atoms with Gasteiger partial charge in [-0.15, -0.1) is 4.28 Å². The number of hydrogen-bond acceptors (Lipinski definition) is 5. The maximum atomic E-state index is 12.5. The zero-order valence-corrected chi connectivity index (χ0v) is 14.7. The lowest BCUT2D eigenvalue weighted by molar-refractivity contribution is -0.215. The number of carbonyl (C=O) groups excluding carboxylic acids is 1. The van der Waals surface area contributed by atoms with Crippen LogP contribution in [0.3, 0.4) is 0 Å². The molecule has 1 unspecified atom stereocenters. The van der Waals surface area contributed by atoms with Crippen LogP contribution in [0.25, 0.3) is 0 Å². The minimum Gasteiger partial charge on any atom is -0.392 e. The molecule has 0 saturated carbocycles. The molecule has 132 valence electrons. The smallest absolute Gasteiger partial charge is 0.317 e. The van der Waals surface area contributed by atoms with Crippen molar-refractivity contribution in [1.82, 2.24) is 5.06 Å². The van der Waals surface area contributed by atoms with E-state index in [0.29, 0.717) is 5.56 Å². The van der Waals surface area contributed by atoms with Crippen molar-refractivity contribution >= 4 is 16.0 Å². The van der Waals surface area contributed by atoms with Crippen LogP contribution >= 0.6 is 0 Å². The van der Waals surface area contributed by atoms with Gasteiger partial charge in [-0.05, 0) is 31.5 Å². The number of amides is 1. The van der Waals surface area contributed by atoms with Crippen LogP contribution in [0.1, 0.15) is 24.1 Å². The van der Waals surface area contributed by atoms with Crippen molar-refractivity contribution in [1.29, 1.82) is 0 Å². The van der Waals surface area contributed by atoms with Gasteiger partial charge in [0.15, 0.2) is 0 Å². The second-order valence-corrected chi connectivity index (χ2v) is 7.66. The van der Waals surface area contributed by atoms with Crippen molar-refractivity contribution in [3.8, 4) is 0 Å². The summed E-state index contributed by atoms with van der Waals surface area (Å²) in [7, 11) is -4.14. The first-order chi connectivity index (χ1) is 11.8. The molecule has 1 N–H and O–H groups in total. The Morgan fingerprint density at radius 2 is 1.68 bits per heavy atom. The van der Waals surface area contributed by atoms with Gasteiger partial charge in [-0.25, -0.2) is 0 Å².